The molecule has 10 heavy (non-hydrogen) atoms. The molecular weight excluding hydrogens is 146 g/mol. The van der Waals surface area contributed by atoms with E-state index >= 15 is 0 Å². The van der Waals surface area contributed by atoms with Gasteiger partial charge in [0, 0.05) is 7.11 Å². The van der Waals surface area contributed by atoms with Gasteiger partial charge < -0.3 is 10.4 Å². The minimum atomic E-state index is 0.963. The van der Waals surface area contributed by atoms with Crippen molar-refractivity contribution in [2.24, 2.45) is 5.92 Å². The smallest absolute Gasteiger partial charge is 0.0319 e. The lowest BCUT2D eigenvalue weighted by atomic mass is 10.2. The summed E-state index contributed by atoms with van der Waals surface area (Å²) in [5.41, 5.74) is 0. The molecule has 3 heteroatoms. The van der Waals surface area contributed by atoms with Crippen molar-refractivity contribution in [1.82, 2.24) is 5.32 Å². The van der Waals surface area contributed by atoms with Crippen LogP contribution in [0.1, 0.15) is 6.42 Å². The average Bonchev–Trinajstić information content (AvgIpc) is 2.46. The van der Waals surface area contributed by atoms with Crippen molar-refractivity contribution in [3.63, 3.8) is 0 Å². The van der Waals surface area contributed by atoms with Gasteiger partial charge in [0.2, 0.25) is 0 Å². The predicted molar refractivity (Wildman–Crippen MR) is 47.5 cm³/mol. The Morgan fingerprint density at radius 3 is 2.70 bits per heavy atom. The fourth-order valence-corrected chi connectivity index (χ4v) is 1.85. The SMILES string of the molecule is CO.CSCC1CCNC1. The number of hydrogen-bond acceptors (Lipinski definition) is 3. The van der Waals surface area contributed by atoms with Crippen molar-refractivity contribution in [2.45, 2.75) is 6.42 Å². The first-order valence-electron chi connectivity index (χ1n) is 3.58. The Bertz CT molecular complexity index is 64.6. The van der Waals surface area contributed by atoms with Gasteiger partial charge in [0.25, 0.3) is 0 Å². The van der Waals surface area contributed by atoms with Gasteiger partial charge in [-0.1, -0.05) is 0 Å². The second-order valence-electron chi connectivity index (χ2n) is 2.31. The van der Waals surface area contributed by atoms with E-state index in [0.717, 1.165) is 13.0 Å². The molecule has 0 amide bonds. The van der Waals surface area contributed by atoms with Crippen LogP contribution in [-0.2, 0) is 0 Å². The minimum Gasteiger partial charge on any atom is -0.400 e. The van der Waals surface area contributed by atoms with E-state index in [1.54, 1.807) is 0 Å². The average molecular weight is 163 g/mol. The molecule has 0 saturated carbocycles. The van der Waals surface area contributed by atoms with E-state index in [9.17, 15) is 0 Å². The minimum absolute atomic E-state index is 0.963. The summed E-state index contributed by atoms with van der Waals surface area (Å²) in [5.74, 6) is 2.30. The van der Waals surface area contributed by atoms with Gasteiger partial charge in [-0.15, -0.1) is 0 Å². The number of aliphatic hydroxyl groups is 1. The Morgan fingerprint density at radius 2 is 2.30 bits per heavy atom. The summed E-state index contributed by atoms with van der Waals surface area (Å²) in [6, 6.07) is 0. The standard InChI is InChI=1S/C6H13NS.CH4O/c1-8-5-6-2-3-7-4-6;1-2/h6-7H,2-5H2,1H3;2H,1H3. The maximum absolute atomic E-state index is 7.00. The van der Waals surface area contributed by atoms with E-state index in [4.69, 9.17) is 5.11 Å². The zero-order chi connectivity index (χ0) is 7.82. The van der Waals surface area contributed by atoms with Crippen LogP contribution in [0.3, 0.4) is 0 Å². The summed E-state index contributed by atoms with van der Waals surface area (Å²) in [4.78, 5) is 0. The Hall–Kier alpha value is 0.270. The van der Waals surface area contributed by atoms with Crippen LogP contribution in [0, 0.1) is 5.92 Å². The van der Waals surface area contributed by atoms with Crippen LogP contribution in [0.15, 0.2) is 0 Å². The van der Waals surface area contributed by atoms with E-state index < -0.39 is 0 Å². The highest BCUT2D eigenvalue weighted by atomic mass is 32.2. The largest absolute Gasteiger partial charge is 0.400 e. The molecule has 2 N–H and O–H groups in total. The summed E-state index contributed by atoms with van der Waals surface area (Å²) >= 11 is 1.96. The zero-order valence-electron chi connectivity index (χ0n) is 6.76. The maximum atomic E-state index is 7.00. The summed E-state index contributed by atoms with van der Waals surface area (Å²) in [6.45, 7) is 2.49. The van der Waals surface area contributed by atoms with Gasteiger partial charge in [0.05, 0.1) is 0 Å². The van der Waals surface area contributed by atoms with Crippen molar-refractivity contribution in [1.29, 1.82) is 0 Å². The molecule has 0 aromatic rings. The molecule has 1 atom stereocenters. The molecule has 0 spiro atoms. The molecule has 0 aliphatic carbocycles. The van der Waals surface area contributed by atoms with Crippen LogP contribution in [0.5, 0.6) is 0 Å². The second kappa shape index (κ2) is 7.38. The number of nitrogens with one attached hydrogen (secondary N) is 1. The van der Waals surface area contributed by atoms with Crippen molar-refractivity contribution in [2.75, 3.05) is 32.2 Å². The molecule has 0 bridgehead atoms. The Morgan fingerprint density at radius 1 is 1.60 bits per heavy atom. The maximum Gasteiger partial charge on any atom is 0.0319 e. The number of rotatable bonds is 2. The highest BCUT2D eigenvalue weighted by Crippen LogP contribution is 2.11. The van der Waals surface area contributed by atoms with E-state index in [1.165, 1.54) is 25.3 Å². The van der Waals surface area contributed by atoms with Gasteiger partial charge in [-0.3, -0.25) is 0 Å². The molecule has 1 unspecified atom stereocenters. The first-order chi connectivity index (χ1) is 4.93. The number of aliphatic hydroxyl groups excluding tert-OH is 1. The van der Waals surface area contributed by atoms with Crippen molar-refractivity contribution < 1.29 is 5.11 Å². The quantitative estimate of drug-likeness (QED) is 0.624. The van der Waals surface area contributed by atoms with E-state index in [0.29, 0.717) is 0 Å². The van der Waals surface area contributed by atoms with E-state index in [1.807, 2.05) is 11.8 Å². The third kappa shape index (κ3) is 4.14. The Labute approximate surface area is 67.4 Å². The lowest BCUT2D eigenvalue weighted by Gasteiger charge is -2.02. The summed E-state index contributed by atoms with van der Waals surface area (Å²) in [6.07, 6.45) is 3.57. The molecule has 1 fully saturated rings. The number of thioether (sulfide) groups is 1. The van der Waals surface area contributed by atoms with E-state index in [-0.39, 0.29) is 0 Å². The molecule has 1 saturated heterocycles. The molecule has 1 heterocycles. The Kier molecular flexibility index (Phi) is 7.58. The van der Waals surface area contributed by atoms with Gasteiger partial charge in [0.15, 0.2) is 0 Å². The summed E-state index contributed by atoms with van der Waals surface area (Å²) < 4.78 is 0. The molecule has 0 aromatic heterocycles. The van der Waals surface area contributed by atoms with Crippen LogP contribution in [0.4, 0.5) is 0 Å². The molecule has 0 aromatic carbocycles. The molecule has 0 radical (unpaired) electrons. The third-order valence-electron chi connectivity index (χ3n) is 1.56. The van der Waals surface area contributed by atoms with E-state index in [2.05, 4.69) is 11.6 Å². The third-order valence-corrected chi connectivity index (χ3v) is 2.37. The lowest BCUT2D eigenvalue weighted by molar-refractivity contribution is 0.399. The summed E-state index contributed by atoms with van der Waals surface area (Å²) in [5, 5.41) is 10.3. The Balaban J connectivity index is 0.000000371. The van der Waals surface area contributed by atoms with Crippen LogP contribution >= 0.6 is 11.8 Å². The fourth-order valence-electron chi connectivity index (χ4n) is 1.09. The molecule has 1 aliphatic heterocycles. The van der Waals surface area contributed by atoms with Gasteiger partial charge in [0.1, 0.15) is 0 Å². The molecule has 1 rings (SSSR count). The van der Waals surface area contributed by atoms with Crippen LogP contribution in [0.25, 0.3) is 0 Å². The van der Waals surface area contributed by atoms with Crippen molar-refractivity contribution in [3.8, 4) is 0 Å². The first kappa shape index (κ1) is 10.3. The normalized spacial score (nSPS) is 23.7. The monoisotopic (exact) mass is 163 g/mol. The predicted octanol–water partition coefficient (Wildman–Crippen LogP) is 0.567. The first-order valence-corrected chi connectivity index (χ1v) is 4.97. The van der Waals surface area contributed by atoms with Gasteiger partial charge in [-0.2, -0.15) is 11.8 Å². The zero-order valence-corrected chi connectivity index (χ0v) is 7.58. The molecule has 1 aliphatic rings. The fraction of sp³-hybridized carbons (Fsp3) is 1.00. The van der Waals surface area contributed by atoms with Gasteiger partial charge in [-0.05, 0) is 37.4 Å². The van der Waals surface area contributed by atoms with Crippen LogP contribution < -0.4 is 5.32 Å². The lowest BCUT2D eigenvalue weighted by Crippen LogP contribution is -2.10. The highest BCUT2D eigenvalue weighted by molar-refractivity contribution is 7.98. The second-order valence-corrected chi connectivity index (χ2v) is 3.22. The summed E-state index contributed by atoms with van der Waals surface area (Å²) in [7, 11) is 1.00. The van der Waals surface area contributed by atoms with Crippen LogP contribution in [-0.4, -0.2) is 37.3 Å². The topological polar surface area (TPSA) is 32.3 Å². The van der Waals surface area contributed by atoms with Crippen molar-refractivity contribution >= 4 is 11.8 Å². The van der Waals surface area contributed by atoms with Crippen LogP contribution in [0.2, 0.25) is 0 Å². The van der Waals surface area contributed by atoms with Gasteiger partial charge >= 0.3 is 0 Å². The van der Waals surface area contributed by atoms with Gasteiger partial charge in [-0.25, -0.2) is 0 Å². The van der Waals surface area contributed by atoms with Crippen molar-refractivity contribution in [3.05, 3.63) is 0 Å². The highest BCUT2D eigenvalue weighted by Gasteiger charge is 2.12. The molecular formula is C7H17NOS. The molecule has 62 valence electrons. The molecule has 2 nitrogen and oxygen atoms in total. The number of hydrogen-bond donors (Lipinski definition) is 2.